The van der Waals surface area contributed by atoms with E-state index in [9.17, 15) is 9.90 Å². The topological polar surface area (TPSA) is 89.1 Å². The molecule has 0 aromatic carbocycles. The summed E-state index contributed by atoms with van der Waals surface area (Å²) in [6, 6.07) is 3.42. The number of fused-ring (bicyclic) bond motifs is 1. The molecule has 0 saturated heterocycles. The summed E-state index contributed by atoms with van der Waals surface area (Å²) in [4.78, 5) is 18.7. The number of amides is 1. The van der Waals surface area contributed by atoms with Gasteiger partial charge in [-0.1, -0.05) is 0 Å². The second-order valence-corrected chi connectivity index (χ2v) is 3.13. The van der Waals surface area contributed by atoms with Gasteiger partial charge in [0, 0.05) is 11.6 Å². The number of pyridine rings is 2. The van der Waals surface area contributed by atoms with Crippen molar-refractivity contribution in [2.24, 2.45) is 5.73 Å². The van der Waals surface area contributed by atoms with E-state index in [1.807, 2.05) is 0 Å². The normalized spacial score (nSPS) is 10.4. The van der Waals surface area contributed by atoms with Crippen LogP contribution in [0, 0.1) is 0 Å². The van der Waals surface area contributed by atoms with Gasteiger partial charge in [0.05, 0.1) is 23.8 Å². The van der Waals surface area contributed by atoms with Gasteiger partial charge in [0.15, 0.2) is 0 Å². The van der Waals surface area contributed by atoms with E-state index < -0.39 is 5.91 Å². The molecule has 0 atom stereocenters. The predicted octanol–water partition coefficient (Wildman–Crippen LogP) is 0.363. The van der Waals surface area contributed by atoms with E-state index in [2.05, 4.69) is 9.97 Å². The summed E-state index contributed by atoms with van der Waals surface area (Å²) in [7, 11) is 0. The van der Waals surface area contributed by atoms with E-state index in [-0.39, 0.29) is 17.9 Å². The molecule has 0 aliphatic carbocycles. The quantitative estimate of drug-likeness (QED) is 0.737. The highest BCUT2D eigenvalue weighted by molar-refractivity contribution is 5.86. The first-order valence-electron chi connectivity index (χ1n) is 4.38. The smallest absolute Gasteiger partial charge is 0.223 e. The van der Waals surface area contributed by atoms with Crippen LogP contribution in [-0.4, -0.2) is 21.0 Å². The van der Waals surface area contributed by atoms with Gasteiger partial charge < -0.3 is 10.8 Å². The largest absolute Gasteiger partial charge is 0.505 e. The monoisotopic (exact) mass is 203 g/mol. The van der Waals surface area contributed by atoms with Crippen LogP contribution in [0.1, 0.15) is 5.69 Å². The van der Waals surface area contributed by atoms with Gasteiger partial charge in [0.25, 0.3) is 0 Å². The molecular formula is C10H9N3O2. The molecule has 0 aliphatic rings. The van der Waals surface area contributed by atoms with Gasteiger partial charge in [-0.2, -0.15) is 0 Å². The van der Waals surface area contributed by atoms with Crippen LogP contribution in [0.3, 0.4) is 0 Å². The number of aromatic nitrogens is 2. The van der Waals surface area contributed by atoms with E-state index >= 15 is 0 Å². The number of carbonyl (C=O) groups is 1. The molecule has 3 N–H and O–H groups in total. The zero-order valence-electron chi connectivity index (χ0n) is 7.84. The fraction of sp³-hybridized carbons (Fsp3) is 0.100. The second-order valence-electron chi connectivity index (χ2n) is 3.13. The van der Waals surface area contributed by atoms with Crippen molar-refractivity contribution >= 4 is 16.8 Å². The number of nitrogens with zero attached hydrogens (tertiary/aromatic N) is 2. The Labute approximate surface area is 85.6 Å². The van der Waals surface area contributed by atoms with Gasteiger partial charge in [-0.25, -0.2) is 0 Å². The van der Waals surface area contributed by atoms with Crippen LogP contribution in [-0.2, 0) is 11.2 Å². The van der Waals surface area contributed by atoms with Gasteiger partial charge in [0.1, 0.15) is 5.75 Å². The Kier molecular flexibility index (Phi) is 2.21. The third kappa shape index (κ3) is 1.71. The van der Waals surface area contributed by atoms with Crippen LogP contribution in [0.25, 0.3) is 10.9 Å². The van der Waals surface area contributed by atoms with Crippen molar-refractivity contribution in [3.05, 3.63) is 30.2 Å². The van der Waals surface area contributed by atoms with Crippen LogP contribution in [0.2, 0.25) is 0 Å². The molecule has 2 aromatic heterocycles. The summed E-state index contributed by atoms with van der Waals surface area (Å²) >= 11 is 0. The second kappa shape index (κ2) is 3.53. The average molecular weight is 203 g/mol. The van der Waals surface area contributed by atoms with Gasteiger partial charge in [-0.3, -0.25) is 14.8 Å². The molecule has 76 valence electrons. The van der Waals surface area contributed by atoms with Gasteiger partial charge in [-0.15, -0.1) is 0 Å². The maximum absolute atomic E-state index is 10.7. The molecule has 0 saturated carbocycles. The maximum atomic E-state index is 10.7. The van der Waals surface area contributed by atoms with Crippen molar-refractivity contribution in [1.29, 1.82) is 0 Å². The zero-order valence-corrected chi connectivity index (χ0v) is 7.84. The molecule has 2 heterocycles. The summed E-state index contributed by atoms with van der Waals surface area (Å²) in [5.74, 6) is -0.555. The molecule has 2 aromatic rings. The maximum Gasteiger partial charge on any atom is 0.223 e. The number of primary amides is 1. The van der Waals surface area contributed by atoms with E-state index in [0.717, 1.165) is 0 Å². The molecular weight excluding hydrogens is 194 g/mol. The van der Waals surface area contributed by atoms with Crippen molar-refractivity contribution < 1.29 is 9.90 Å². The Morgan fingerprint density at radius 3 is 3.00 bits per heavy atom. The highest BCUT2D eigenvalue weighted by atomic mass is 16.3. The minimum absolute atomic E-state index is 0.0283. The third-order valence-corrected chi connectivity index (χ3v) is 2.05. The predicted molar refractivity (Wildman–Crippen MR) is 54.1 cm³/mol. The zero-order chi connectivity index (χ0) is 10.8. The molecule has 0 bridgehead atoms. The lowest BCUT2D eigenvalue weighted by Crippen LogP contribution is -2.14. The highest BCUT2D eigenvalue weighted by Crippen LogP contribution is 2.25. The van der Waals surface area contributed by atoms with Gasteiger partial charge in [0.2, 0.25) is 5.91 Å². The lowest BCUT2D eigenvalue weighted by atomic mass is 10.1. The minimum Gasteiger partial charge on any atom is -0.505 e. The van der Waals surface area contributed by atoms with Crippen molar-refractivity contribution in [2.75, 3.05) is 0 Å². The van der Waals surface area contributed by atoms with Crippen LogP contribution in [0.4, 0.5) is 0 Å². The number of hydrogen-bond acceptors (Lipinski definition) is 4. The van der Waals surface area contributed by atoms with Crippen molar-refractivity contribution in [3.63, 3.8) is 0 Å². The number of nitrogens with two attached hydrogens (primary N) is 1. The summed E-state index contributed by atoms with van der Waals surface area (Å²) in [5, 5.41) is 10.4. The van der Waals surface area contributed by atoms with Gasteiger partial charge >= 0.3 is 0 Å². The molecule has 1 amide bonds. The number of carbonyl (C=O) groups excluding carboxylic acids is 1. The molecule has 0 aliphatic heterocycles. The first kappa shape index (κ1) is 9.39. The summed E-state index contributed by atoms with van der Waals surface area (Å²) in [5.41, 5.74) is 5.90. The lowest BCUT2D eigenvalue weighted by molar-refractivity contribution is -0.117. The third-order valence-electron chi connectivity index (χ3n) is 2.05. The average Bonchev–Trinajstić information content (AvgIpc) is 2.22. The molecule has 15 heavy (non-hydrogen) atoms. The highest BCUT2D eigenvalue weighted by Gasteiger charge is 2.10. The fourth-order valence-electron chi connectivity index (χ4n) is 1.37. The van der Waals surface area contributed by atoms with E-state index in [4.69, 9.17) is 5.73 Å². The molecule has 0 radical (unpaired) electrons. The van der Waals surface area contributed by atoms with Crippen molar-refractivity contribution in [3.8, 4) is 5.75 Å². The standard InChI is InChI=1S/C10H9N3O2/c11-9(14)4-7-10(15)6-2-1-3-12-8(6)5-13-7/h1-3,5,15H,4H2,(H2,11,14). The summed E-state index contributed by atoms with van der Waals surface area (Å²) in [6.45, 7) is 0. The summed E-state index contributed by atoms with van der Waals surface area (Å²) in [6.07, 6.45) is 3.04. The summed E-state index contributed by atoms with van der Waals surface area (Å²) < 4.78 is 0. The van der Waals surface area contributed by atoms with Crippen LogP contribution >= 0.6 is 0 Å². The lowest BCUT2D eigenvalue weighted by Gasteiger charge is -2.04. The molecule has 5 heteroatoms. The Hall–Kier alpha value is -2.17. The van der Waals surface area contributed by atoms with Gasteiger partial charge in [-0.05, 0) is 12.1 Å². The first-order valence-corrected chi connectivity index (χ1v) is 4.38. The van der Waals surface area contributed by atoms with Crippen molar-refractivity contribution in [1.82, 2.24) is 9.97 Å². The molecule has 0 spiro atoms. The minimum atomic E-state index is -0.527. The van der Waals surface area contributed by atoms with Crippen LogP contribution < -0.4 is 5.73 Å². The Morgan fingerprint density at radius 1 is 1.47 bits per heavy atom. The molecule has 2 rings (SSSR count). The molecule has 5 nitrogen and oxygen atoms in total. The van der Waals surface area contributed by atoms with E-state index in [1.54, 1.807) is 18.3 Å². The molecule has 0 unspecified atom stereocenters. The van der Waals surface area contributed by atoms with Crippen LogP contribution in [0.5, 0.6) is 5.75 Å². The molecule has 0 fully saturated rings. The van der Waals surface area contributed by atoms with Crippen LogP contribution in [0.15, 0.2) is 24.5 Å². The number of rotatable bonds is 2. The Morgan fingerprint density at radius 2 is 2.27 bits per heavy atom. The first-order chi connectivity index (χ1) is 7.18. The number of aromatic hydroxyl groups is 1. The Bertz CT molecular complexity index is 525. The van der Waals surface area contributed by atoms with Crippen molar-refractivity contribution in [2.45, 2.75) is 6.42 Å². The van der Waals surface area contributed by atoms with E-state index in [0.29, 0.717) is 10.9 Å². The SMILES string of the molecule is NC(=O)Cc1ncc2ncccc2c1O. The number of hydrogen-bond donors (Lipinski definition) is 2. The van der Waals surface area contributed by atoms with E-state index in [1.165, 1.54) is 6.20 Å². The Balaban J connectivity index is 2.59. The fourth-order valence-corrected chi connectivity index (χ4v) is 1.37.